The van der Waals surface area contributed by atoms with E-state index in [1.54, 1.807) is 0 Å². The Kier molecular flexibility index (Phi) is 2.63. The van der Waals surface area contributed by atoms with Crippen molar-refractivity contribution >= 4 is 12.0 Å². The largest absolute Gasteiger partial charge is 0.366 e. The number of benzene rings is 2. The normalized spacial score (nSPS) is 21.7. The number of fused-ring (bicyclic) bond motifs is 1. The van der Waals surface area contributed by atoms with Gasteiger partial charge >= 0.3 is 0 Å². The van der Waals surface area contributed by atoms with Gasteiger partial charge in [0.1, 0.15) is 6.29 Å². The first-order valence-electron chi connectivity index (χ1n) is 6.15. The van der Waals surface area contributed by atoms with Crippen molar-refractivity contribution in [2.45, 2.75) is 12.0 Å². The topological polar surface area (TPSA) is 20.3 Å². The summed E-state index contributed by atoms with van der Waals surface area (Å²) in [5.41, 5.74) is 3.47. The Labute approximate surface area is 107 Å². The van der Waals surface area contributed by atoms with Crippen LogP contribution in [-0.4, -0.2) is 13.3 Å². The lowest BCUT2D eigenvalue weighted by Gasteiger charge is -2.25. The fourth-order valence-electron chi connectivity index (χ4n) is 2.88. The molecule has 1 aliphatic heterocycles. The molecular formula is C16H15NO. The summed E-state index contributed by atoms with van der Waals surface area (Å²) in [6.07, 6.45) is 1.07. The number of carbonyl (C=O) groups is 1. The van der Waals surface area contributed by atoms with Crippen LogP contribution in [0.3, 0.4) is 0 Å². The highest BCUT2D eigenvalue weighted by atomic mass is 16.1. The van der Waals surface area contributed by atoms with Crippen molar-refractivity contribution < 1.29 is 4.79 Å². The molecule has 2 unspecified atom stereocenters. The monoisotopic (exact) mass is 237 g/mol. The molecule has 0 saturated heterocycles. The van der Waals surface area contributed by atoms with Gasteiger partial charge in [-0.2, -0.15) is 0 Å². The summed E-state index contributed by atoms with van der Waals surface area (Å²) in [5.74, 6) is -0.0754. The van der Waals surface area contributed by atoms with E-state index in [4.69, 9.17) is 0 Å². The van der Waals surface area contributed by atoms with Crippen LogP contribution in [0.2, 0.25) is 0 Å². The fraction of sp³-hybridized carbons (Fsp3) is 0.188. The SMILES string of the molecule is CN1c2ccccc2C(C=O)C1c1ccccc1. The lowest BCUT2D eigenvalue weighted by Crippen LogP contribution is -2.22. The van der Waals surface area contributed by atoms with Crippen molar-refractivity contribution in [2.75, 3.05) is 11.9 Å². The van der Waals surface area contributed by atoms with Crippen LogP contribution in [-0.2, 0) is 4.79 Å². The second-order valence-electron chi connectivity index (χ2n) is 4.69. The Hall–Kier alpha value is -2.09. The Morgan fingerprint density at radius 3 is 2.39 bits per heavy atom. The molecule has 2 atom stereocenters. The third-order valence-corrected chi connectivity index (χ3v) is 3.72. The number of rotatable bonds is 2. The van der Waals surface area contributed by atoms with E-state index in [1.165, 1.54) is 5.56 Å². The van der Waals surface area contributed by atoms with E-state index in [0.717, 1.165) is 17.5 Å². The van der Waals surface area contributed by atoms with Gasteiger partial charge < -0.3 is 9.69 Å². The molecule has 3 rings (SSSR count). The predicted molar refractivity (Wildman–Crippen MR) is 72.8 cm³/mol. The van der Waals surface area contributed by atoms with Crippen LogP contribution in [0.1, 0.15) is 23.1 Å². The maximum atomic E-state index is 11.5. The average molecular weight is 237 g/mol. The Morgan fingerprint density at radius 1 is 1.00 bits per heavy atom. The minimum Gasteiger partial charge on any atom is -0.366 e. The molecule has 0 radical (unpaired) electrons. The zero-order chi connectivity index (χ0) is 12.5. The van der Waals surface area contributed by atoms with E-state index in [2.05, 4.69) is 30.1 Å². The highest BCUT2D eigenvalue weighted by Crippen LogP contribution is 2.46. The number of hydrogen-bond donors (Lipinski definition) is 0. The predicted octanol–water partition coefficient (Wildman–Crippen LogP) is 3.16. The standard InChI is InChI=1S/C16H15NO/c1-17-15-10-6-5-9-13(15)14(11-18)16(17)12-7-3-2-4-8-12/h2-11,14,16H,1H3. The van der Waals surface area contributed by atoms with Gasteiger partial charge in [0, 0.05) is 12.7 Å². The Bertz CT molecular complexity index is 564. The van der Waals surface area contributed by atoms with Gasteiger partial charge in [-0.05, 0) is 17.2 Å². The highest BCUT2D eigenvalue weighted by Gasteiger charge is 2.36. The van der Waals surface area contributed by atoms with Crippen molar-refractivity contribution in [3.05, 3.63) is 65.7 Å². The highest BCUT2D eigenvalue weighted by molar-refractivity contribution is 5.76. The molecule has 0 aliphatic carbocycles. The van der Waals surface area contributed by atoms with Gasteiger partial charge in [0.05, 0.1) is 12.0 Å². The summed E-state index contributed by atoms with van der Waals surface area (Å²) in [4.78, 5) is 13.7. The number of carbonyl (C=O) groups excluding carboxylic acids is 1. The van der Waals surface area contributed by atoms with Crippen LogP contribution in [0, 0.1) is 0 Å². The number of nitrogens with zero attached hydrogens (tertiary/aromatic N) is 1. The van der Waals surface area contributed by atoms with Crippen LogP contribution < -0.4 is 4.90 Å². The molecular weight excluding hydrogens is 222 g/mol. The van der Waals surface area contributed by atoms with Crippen molar-refractivity contribution in [2.24, 2.45) is 0 Å². The summed E-state index contributed by atoms with van der Waals surface area (Å²) in [6.45, 7) is 0. The van der Waals surface area contributed by atoms with Gasteiger partial charge in [0.2, 0.25) is 0 Å². The average Bonchev–Trinajstić information content (AvgIpc) is 2.73. The molecule has 2 aromatic rings. The van der Waals surface area contributed by atoms with Crippen molar-refractivity contribution in [3.8, 4) is 0 Å². The third kappa shape index (κ3) is 1.53. The Balaban J connectivity index is 2.11. The molecule has 2 aromatic carbocycles. The first-order valence-corrected chi connectivity index (χ1v) is 6.15. The van der Waals surface area contributed by atoms with Crippen molar-refractivity contribution in [1.29, 1.82) is 0 Å². The molecule has 0 spiro atoms. The summed E-state index contributed by atoms with van der Waals surface area (Å²) >= 11 is 0. The van der Waals surface area contributed by atoms with Gasteiger partial charge in [-0.25, -0.2) is 0 Å². The molecule has 18 heavy (non-hydrogen) atoms. The van der Waals surface area contributed by atoms with Crippen LogP contribution in [0.25, 0.3) is 0 Å². The van der Waals surface area contributed by atoms with Crippen LogP contribution in [0.5, 0.6) is 0 Å². The summed E-state index contributed by atoms with van der Waals surface area (Å²) in [6, 6.07) is 18.5. The molecule has 0 saturated carbocycles. The van der Waals surface area contributed by atoms with E-state index in [0.29, 0.717) is 0 Å². The van der Waals surface area contributed by atoms with Gasteiger partial charge in [0.25, 0.3) is 0 Å². The van der Waals surface area contributed by atoms with Gasteiger partial charge in [0.15, 0.2) is 0 Å². The van der Waals surface area contributed by atoms with E-state index >= 15 is 0 Å². The summed E-state index contributed by atoms with van der Waals surface area (Å²) in [7, 11) is 2.06. The maximum Gasteiger partial charge on any atom is 0.129 e. The molecule has 0 aromatic heterocycles. The second kappa shape index (κ2) is 4.30. The molecule has 0 N–H and O–H groups in total. The maximum absolute atomic E-state index is 11.5. The van der Waals surface area contributed by atoms with Crippen molar-refractivity contribution in [1.82, 2.24) is 0 Å². The van der Waals surface area contributed by atoms with Crippen LogP contribution in [0.4, 0.5) is 5.69 Å². The second-order valence-corrected chi connectivity index (χ2v) is 4.69. The van der Waals surface area contributed by atoms with Crippen LogP contribution >= 0.6 is 0 Å². The zero-order valence-electron chi connectivity index (χ0n) is 10.3. The van der Waals surface area contributed by atoms with E-state index in [-0.39, 0.29) is 12.0 Å². The zero-order valence-corrected chi connectivity index (χ0v) is 10.3. The molecule has 0 amide bonds. The van der Waals surface area contributed by atoms with Crippen molar-refractivity contribution in [3.63, 3.8) is 0 Å². The van der Waals surface area contributed by atoms with Gasteiger partial charge in [-0.3, -0.25) is 0 Å². The lowest BCUT2D eigenvalue weighted by atomic mass is 9.91. The summed E-state index contributed by atoms with van der Waals surface area (Å²) < 4.78 is 0. The molecule has 0 bridgehead atoms. The molecule has 90 valence electrons. The molecule has 1 heterocycles. The minimum absolute atomic E-state index is 0.0754. The quantitative estimate of drug-likeness (QED) is 0.748. The van der Waals surface area contributed by atoms with E-state index < -0.39 is 0 Å². The number of anilines is 1. The first kappa shape index (κ1) is 11.0. The summed E-state index contributed by atoms with van der Waals surface area (Å²) in [5, 5.41) is 0. The number of hydrogen-bond acceptors (Lipinski definition) is 2. The first-order chi connectivity index (χ1) is 8.83. The molecule has 2 nitrogen and oxygen atoms in total. The van der Waals surface area contributed by atoms with Gasteiger partial charge in [-0.1, -0.05) is 48.5 Å². The van der Waals surface area contributed by atoms with E-state index in [9.17, 15) is 4.79 Å². The number of aldehydes is 1. The lowest BCUT2D eigenvalue weighted by molar-refractivity contribution is -0.109. The van der Waals surface area contributed by atoms with Gasteiger partial charge in [-0.15, -0.1) is 0 Å². The molecule has 1 aliphatic rings. The number of likely N-dealkylation sites (N-methyl/N-ethyl adjacent to an activating group) is 1. The van der Waals surface area contributed by atoms with Crippen LogP contribution in [0.15, 0.2) is 54.6 Å². The molecule has 0 fully saturated rings. The van der Waals surface area contributed by atoms with E-state index in [1.807, 2.05) is 36.4 Å². The minimum atomic E-state index is -0.0754. The molecule has 2 heteroatoms. The fourth-order valence-corrected chi connectivity index (χ4v) is 2.88. The Morgan fingerprint density at radius 2 is 1.67 bits per heavy atom. The number of para-hydroxylation sites is 1. The third-order valence-electron chi connectivity index (χ3n) is 3.72. The smallest absolute Gasteiger partial charge is 0.129 e.